The van der Waals surface area contributed by atoms with E-state index in [1.807, 2.05) is 0 Å². The molecule has 3 rings (SSSR count). The van der Waals surface area contributed by atoms with Gasteiger partial charge >= 0.3 is 0 Å². The van der Waals surface area contributed by atoms with Crippen LogP contribution in [-0.4, -0.2) is 23.3 Å². The molecule has 3 aromatic rings. The lowest BCUT2D eigenvalue weighted by molar-refractivity contribution is -0.116. The van der Waals surface area contributed by atoms with Crippen LogP contribution in [0.25, 0.3) is 0 Å². The minimum absolute atomic E-state index is 0.0773. The van der Waals surface area contributed by atoms with E-state index in [9.17, 15) is 14.0 Å². The number of pyridine rings is 1. The number of ether oxygens (including phenoxy) is 1. The fourth-order valence-corrected chi connectivity index (χ4v) is 2.86. The van der Waals surface area contributed by atoms with E-state index in [1.54, 1.807) is 48.8 Å². The number of carbonyl (C=O) groups excluding carboxylic acids is 2. The second-order valence-electron chi connectivity index (χ2n) is 5.99. The van der Waals surface area contributed by atoms with Crippen molar-refractivity contribution in [1.29, 1.82) is 0 Å². The molecule has 0 unspecified atom stereocenters. The number of nitrogens with one attached hydrogen (secondary N) is 2. The predicted molar refractivity (Wildman–Crippen MR) is 110 cm³/mol. The van der Waals surface area contributed by atoms with Gasteiger partial charge in [0.2, 0.25) is 5.91 Å². The number of nitrogens with zero attached hydrogens (tertiary/aromatic N) is 1. The molecule has 0 aliphatic carbocycles. The van der Waals surface area contributed by atoms with E-state index in [2.05, 4.69) is 31.5 Å². The average molecular weight is 458 g/mol. The molecule has 1 aromatic heterocycles. The SMILES string of the molecule is O=C(CCNC(=O)c1cc(F)ccc1Br)Nc1ccc(Oc2ccncc2)cc1. The zero-order valence-electron chi connectivity index (χ0n) is 15.2. The molecule has 6 nitrogen and oxygen atoms in total. The Hall–Kier alpha value is -3.26. The molecular weight excluding hydrogens is 441 g/mol. The molecule has 148 valence electrons. The van der Waals surface area contributed by atoms with Gasteiger partial charge in [-0.05, 0) is 70.5 Å². The topological polar surface area (TPSA) is 80.3 Å². The molecule has 0 spiro atoms. The first kappa shape index (κ1) is 20.5. The highest BCUT2D eigenvalue weighted by Crippen LogP contribution is 2.22. The van der Waals surface area contributed by atoms with Gasteiger partial charge in [0, 0.05) is 35.5 Å². The van der Waals surface area contributed by atoms with Crippen LogP contribution in [0.4, 0.5) is 10.1 Å². The molecule has 0 saturated heterocycles. The van der Waals surface area contributed by atoms with Gasteiger partial charge in [-0.15, -0.1) is 0 Å². The first-order valence-electron chi connectivity index (χ1n) is 8.72. The largest absolute Gasteiger partial charge is 0.457 e. The first-order chi connectivity index (χ1) is 14.0. The number of halogens is 2. The average Bonchev–Trinajstić information content (AvgIpc) is 2.72. The van der Waals surface area contributed by atoms with Crippen molar-refractivity contribution in [2.75, 3.05) is 11.9 Å². The van der Waals surface area contributed by atoms with Crippen molar-refractivity contribution in [3.05, 3.63) is 82.8 Å². The van der Waals surface area contributed by atoms with Crippen LogP contribution < -0.4 is 15.4 Å². The third-order valence-corrected chi connectivity index (χ3v) is 4.53. The fourth-order valence-electron chi connectivity index (χ4n) is 2.43. The molecule has 8 heteroatoms. The normalized spacial score (nSPS) is 10.3. The van der Waals surface area contributed by atoms with Crippen LogP contribution in [0.15, 0.2) is 71.5 Å². The fraction of sp³-hybridized carbons (Fsp3) is 0.0952. The quantitative estimate of drug-likeness (QED) is 0.545. The Morgan fingerprint density at radius 3 is 2.41 bits per heavy atom. The van der Waals surface area contributed by atoms with E-state index in [4.69, 9.17) is 4.74 Å². The van der Waals surface area contributed by atoms with Gasteiger partial charge in [0.25, 0.3) is 5.91 Å². The Labute approximate surface area is 175 Å². The maximum atomic E-state index is 13.3. The number of anilines is 1. The van der Waals surface area contributed by atoms with E-state index < -0.39 is 11.7 Å². The lowest BCUT2D eigenvalue weighted by Gasteiger charge is -2.09. The number of hydrogen-bond donors (Lipinski definition) is 2. The van der Waals surface area contributed by atoms with Gasteiger partial charge in [0.1, 0.15) is 17.3 Å². The molecular formula is C21H17BrFN3O3. The van der Waals surface area contributed by atoms with E-state index in [1.165, 1.54) is 12.1 Å². The van der Waals surface area contributed by atoms with Crippen molar-refractivity contribution in [1.82, 2.24) is 10.3 Å². The summed E-state index contributed by atoms with van der Waals surface area (Å²) in [6.07, 6.45) is 3.35. The van der Waals surface area contributed by atoms with Crippen molar-refractivity contribution in [2.24, 2.45) is 0 Å². The first-order valence-corrected chi connectivity index (χ1v) is 9.51. The highest BCUT2D eigenvalue weighted by molar-refractivity contribution is 9.10. The van der Waals surface area contributed by atoms with Gasteiger partial charge in [-0.2, -0.15) is 0 Å². The lowest BCUT2D eigenvalue weighted by atomic mass is 10.2. The third-order valence-electron chi connectivity index (χ3n) is 3.83. The Balaban J connectivity index is 1.45. The standard InChI is InChI=1S/C21H17BrFN3O3/c22-19-6-1-14(23)13-18(19)21(28)25-12-9-20(27)26-15-2-4-16(5-3-15)29-17-7-10-24-11-8-17/h1-8,10-11,13H,9,12H2,(H,25,28)(H,26,27). The van der Waals surface area contributed by atoms with Crippen molar-refractivity contribution in [3.8, 4) is 11.5 Å². The molecule has 1 heterocycles. The van der Waals surface area contributed by atoms with E-state index >= 15 is 0 Å². The molecule has 0 aliphatic heterocycles. The maximum absolute atomic E-state index is 13.3. The molecule has 0 saturated carbocycles. The summed E-state index contributed by atoms with van der Waals surface area (Å²) in [6.45, 7) is 0.122. The van der Waals surface area contributed by atoms with E-state index in [0.29, 0.717) is 21.7 Å². The van der Waals surface area contributed by atoms with Crippen LogP contribution in [-0.2, 0) is 4.79 Å². The van der Waals surface area contributed by atoms with Crippen LogP contribution in [0.2, 0.25) is 0 Å². The zero-order chi connectivity index (χ0) is 20.6. The highest BCUT2D eigenvalue weighted by Gasteiger charge is 2.11. The summed E-state index contributed by atoms with van der Waals surface area (Å²) in [7, 11) is 0. The number of aromatic nitrogens is 1. The van der Waals surface area contributed by atoms with Crippen LogP contribution in [0, 0.1) is 5.82 Å². The third kappa shape index (κ3) is 6.11. The molecule has 0 bridgehead atoms. The number of carbonyl (C=O) groups is 2. The number of benzene rings is 2. The molecule has 2 amide bonds. The van der Waals surface area contributed by atoms with Gasteiger partial charge in [-0.25, -0.2) is 4.39 Å². The van der Waals surface area contributed by atoms with Crippen molar-refractivity contribution in [2.45, 2.75) is 6.42 Å². The Bertz CT molecular complexity index is 998. The van der Waals surface area contributed by atoms with Gasteiger partial charge in [0.05, 0.1) is 5.56 Å². The smallest absolute Gasteiger partial charge is 0.252 e. The molecule has 2 aromatic carbocycles. The molecule has 0 fully saturated rings. The second kappa shape index (κ2) is 9.79. The minimum Gasteiger partial charge on any atom is -0.457 e. The predicted octanol–water partition coefficient (Wildman–Crippen LogP) is 4.53. The molecule has 29 heavy (non-hydrogen) atoms. The highest BCUT2D eigenvalue weighted by atomic mass is 79.9. The Kier molecular flexibility index (Phi) is 6.91. The minimum atomic E-state index is -0.507. The molecule has 0 atom stereocenters. The summed E-state index contributed by atoms with van der Waals surface area (Å²) in [4.78, 5) is 28.1. The van der Waals surface area contributed by atoms with Gasteiger partial charge in [-0.1, -0.05) is 0 Å². The summed E-state index contributed by atoms with van der Waals surface area (Å²) in [6, 6.07) is 14.2. The van der Waals surface area contributed by atoms with Crippen LogP contribution in [0.3, 0.4) is 0 Å². The van der Waals surface area contributed by atoms with Crippen molar-refractivity contribution < 1.29 is 18.7 Å². The summed E-state index contributed by atoms with van der Waals surface area (Å²) >= 11 is 3.20. The van der Waals surface area contributed by atoms with Crippen molar-refractivity contribution in [3.63, 3.8) is 0 Å². The summed E-state index contributed by atoms with van der Waals surface area (Å²) in [5.41, 5.74) is 0.784. The Morgan fingerprint density at radius 1 is 1.00 bits per heavy atom. The van der Waals surface area contributed by atoms with Gasteiger partial charge in [0.15, 0.2) is 0 Å². The maximum Gasteiger partial charge on any atom is 0.252 e. The van der Waals surface area contributed by atoms with Crippen LogP contribution >= 0.6 is 15.9 Å². The van der Waals surface area contributed by atoms with Gasteiger partial charge < -0.3 is 15.4 Å². The molecule has 0 aliphatic rings. The number of hydrogen-bond acceptors (Lipinski definition) is 4. The van der Waals surface area contributed by atoms with E-state index in [-0.39, 0.29) is 24.4 Å². The Morgan fingerprint density at radius 2 is 1.69 bits per heavy atom. The number of rotatable bonds is 7. The summed E-state index contributed by atoms with van der Waals surface area (Å²) in [5, 5.41) is 5.34. The van der Waals surface area contributed by atoms with Gasteiger partial charge in [-0.3, -0.25) is 14.6 Å². The molecule has 0 radical (unpaired) electrons. The summed E-state index contributed by atoms with van der Waals surface area (Å²) in [5.74, 6) is 0.0697. The monoisotopic (exact) mass is 457 g/mol. The number of amides is 2. The lowest BCUT2D eigenvalue weighted by Crippen LogP contribution is -2.28. The van der Waals surface area contributed by atoms with Crippen LogP contribution in [0.5, 0.6) is 11.5 Å². The molecule has 2 N–H and O–H groups in total. The zero-order valence-corrected chi connectivity index (χ0v) is 16.8. The van der Waals surface area contributed by atoms with E-state index in [0.717, 1.165) is 6.07 Å². The van der Waals surface area contributed by atoms with Crippen LogP contribution in [0.1, 0.15) is 16.8 Å². The second-order valence-corrected chi connectivity index (χ2v) is 6.84. The summed E-state index contributed by atoms with van der Waals surface area (Å²) < 4.78 is 19.4. The van der Waals surface area contributed by atoms with Crippen molar-refractivity contribution >= 4 is 33.4 Å².